The monoisotopic (exact) mass is 560 g/mol. The number of aliphatic carboxylic acids is 2. The number of carbonyl (C=O) groups excluding carboxylic acids is 3. The van der Waals surface area contributed by atoms with Gasteiger partial charge in [0.2, 0.25) is 17.7 Å². The van der Waals surface area contributed by atoms with E-state index in [0.717, 1.165) is 0 Å². The summed E-state index contributed by atoms with van der Waals surface area (Å²) in [5.74, 6) is -5.14. The summed E-state index contributed by atoms with van der Waals surface area (Å²) in [7, 11) is 0. The highest BCUT2D eigenvalue weighted by Gasteiger charge is 2.32. The van der Waals surface area contributed by atoms with E-state index in [9.17, 15) is 34.2 Å². The Morgan fingerprint density at radius 2 is 1.57 bits per heavy atom. The first-order valence-corrected chi connectivity index (χ1v) is 12.8. The number of carboxylic acids is 2. The zero-order chi connectivity index (χ0) is 29.8. The Morgan fingerprint density at radius 1 is 0.950 bits per heavy atom. The molecule has 2 aromatic rings. The molecule has 0 aliphatic heterocycles. The lowest BCUT2D eigenvalue weighted by Crippen LogP contribution is -2.58. The van der Waals surface area contributed by atoms with Crippen LogP contribution in [0.15, 0.2) is 36.8 Å². The molecule has 1 heterocycles. The molecule has 14 nitrogen and oxygen atoms in total. The van der Waals surface area contributed by atoms with E-state index in [0.29, 0.717) is 17.7 Å². The summed E-state index contributed by atoms with van der Waals surface area (Å²) >= 11 is 0. The smallest absolute Gasteiger partial charge is 0.326 e. The van der Waals surface area contributed by atoms with Crippen LogP contribution in [0.2, 0.25) is 0 Å². The first-order valence-electron chi connectivity index (χ1n) is 12.8. The maximum atomic E-state index is 13.3. The summed E-state index contributed by atoms with van der Waals surface area (Å²) in [6.07, 6.45) is 2.53. The summed E-state index contributed by atoms with van der Waals surface area (Å²) in [4.78, 5) is 68.9. The standard InChI is InChI=1S/C26H36N6O8/c1-3-14(2)22(26(39)40)32-25(38)20(11-16-12-28-13-29-16)31-24(37)19(8-9-21(34)35)30-23(36)18(27)10-15-4-6-17(33)7-5-15/h4-7,12-14,18-20,22,33H,3,8-11,27H2,1-2H3,(H,28,29)(H,30,36)(H,31,37)(H,32,38)(H,34,35)(H,39,40). The van der Waals surface area contributed by atoms with Crippen LogP contribution in [-0.2, 0) is 36.8 Å². The van der Waals surface area contributed by atoms with E-state index < -0.39 is 66.2 Å². The highest BCUT2D eigenvalue weighted by Crippen LogP contribution is 2.12. The lowest BCUT2D eigenvalue weighted by atomic mass is 9.98. The van der Waals surface area contributed by atoms with Gasteiger partial charge >= 0.3 is 11.9 Å². The fraction of sp³-hybridized carbons (Fsp3) is 0.462. The number of phenolic OH excluding ortho intramolecular Hbond substituents is 1. The molecule has 0 bridgehead atoms. The number of imidazole rings is 1. The second-order valence-corrected chi connectivity index (χ2v) is 9.52. The Kier molecular flexibility index (Phi) is 12.1. The second kappa shape index (κ2) is 15.2. The van der Waals surface area contributed by atoms with Gasteiger partial charge in [-0.25, -0.2) is 9.78 Å². The number of carbonyl (C=O) groups is 5. The van der Waals surface area contributed by atoms with Gasteiger partial charge in [0, 0.05) is 24.7 Å². The lowest BCUT2D eigenvalue weighted by Gasteiger charge is -2.26. The van der Waals surface area contributed by atoms with Gasteiger partial charge in [-0.15, -0.1) is 0 Å². The van der Waals surface area contributed by atoms with Crippen LogP contribution in [0.4, 0.5) is 0 Å². The number of aromatic hydroxyl groups is 1. The van der Waals surface area contributed by atoms with E-state index in [1.165, 1.54) is 24.7 Å². The average molecular weight is 561 g/mol. The molecule has 40 heavy (non-hydrogen) atoms. The van der Waals surface area contributed by atoms with E-state index in [2.05, 4.69) is 25.9 Å². The fourth-order valence-corrected chi connectivity index (χ4v) is 3.83. The maximum Gasteiger partial charge on any atom is 0.326 e. The molecule has 2 rings (SSSR count). The van der Waals surface area contributed by atoms with Gasteiger partial charge in [0.1, 0.15) is 23.9 Å². The topological polar surface area (TPSA) is 237 Å². The Hall–Kier alpha value is -4.46. The van der Waals surface area contributed by atoms with E-state index in [4.69, 9.17) is 10.8 Å². The zero-order valence-corrected chi connectivity index (χ0v) is 22.3. The van der Waals surface area contributed by atoms with Crippen LogP contribution in [-0.4, -0.2) is 79.1 Å². The molecule has 3 amide bonds. The Labute approximate surface area is 230 Å². The van der Waals surface area contributed by atoms with Crippen LogP contribution in [0.3, 0.4) is 0 Å². The molecule has 0 aliphatic rings. The minimum Gasteiger partial charge on any atom is -0.508 e. The van der Waals surface area contributed by atoms with Crippen molar-refractivity contribution < 1.29 is 39.3 Å². The molecule has 9 N–H and O–H groups in total. The summed E-state index contributed by atoms with van der Waals surface area (Å²) in [5, 5.41) is 35.6. The van der Waals surface area contributed by atoms with Gasteiger partial charge < -0.3 is 42.0 Å². The Bertz CT molecular complexity index is 1150. The van der Waals surface area contributed by atoms with Crippen molar-refractivity contribution in [3.8, 4) is 5.75 Å². The Balaban J connectivity index is 2.20. The molecular formula is C26H36N6O8. The third kappa shape index (κ3) is 10.0. The van der Waals surface area contributed by atoms with E-state index in [-0.39, 0.29) is 25.0 Å². The number of amides is 3. The highest BCUT2D eigenvalue weighted by atomic mass is 16.4. The molecule has 14 heteroatoms. The number of nitrogens with one attached hydrogen (secondary N) is 4. The zero-order valence-electron chi connectivity index (χ0n) is 22.3. The largest absolute Gasteiger partial charge is 0.508 e. The number of nitrogens with zero attached hydrogens (tertiary/aromatic N) is 1. The molecule has 0 aliphatic carbocycles. The van der Waals surface area contributed by atoms with Crippen LogP contribution < -0.4 is 21.7 Å². The van der Waals surface area contributed by atoms with Gasteiger partial charge in [-0.1, -0.05) is 32.4 Å². The van der Waals surface area contributed by atoms with Crippen molar-refractivity contribution in [3.05, 3.63) is 48.0 Å². The minimum absolute atomic E-state index is 0.0414. The third-order valence-corrected chi connectivity index (χ3v) is 6.40. The van der Waals surface area contributed by atoms with Crippen LogP contribution in [0.5, 0.6) is 5.75 Å². The van der Waals surface area contributed by atoms with Gasteiger partial charge in [0.05, 0.1) is 12.4 Å². The molecule has 0 saturated carbocycles. The van der Waals surface area contributed by atoms with Crippen LogP contribution in [0, 0.1) is 5.92 Å². The second-order valence-electron chi connectivity index (χ2n) is 9.52. The number of aromatic nitrogens is 2. The first-order chi connectivity index (χ1) is 18.9. The van der Waals surface area contributed by atoms with Crippen molar-refractivity contribution in [1.82, 2.24) is 25.9 Å². The number of nitrogens with two attached hydrogens (primary N) is 1. The summed E-state index contributed by atoms with van der Waals surface area (Å²) < 4.78 is 0. The molecule has 1 aromatic carbocycles. The number of benzene rings is 1. The van der Waals surface area contributed by atoms with Crippen molar-refractivity contribution in [3.63, 3.8) is 0 Å². The number of aromatic amines is 1. The van der Waals surface area contributed by atoms with Crippen LogP contribution in [0.1, 0.15) is 44.4 Å². The van der Waals surface area contributed by atoms with Gasteiger partial charge in [-0.2, -0.15) is 0 Å². The molecule has 0 radical (unpaired) electrons. The summed E-state index contributed by atoms with van der Waals surface area (Å²) in [6.45, 7) is 3.44. The van der Waals surface area contributed by atoms with Gasteiger partial charge in [-0.05, 0) is 36.5 Å². The third-order valence-electron chi connectivity index (χ3n) is 6.40. The average Bonchev–Trinajstić information content (AvgIpc) is 3.42. The van der Waals surface area contributed by atoms with Gasteiger partial charge in [0.25, 0.3) is 0 Å². The van der Waals surface area contributed by atoms with Gasteiger partial charge in [-0.3, -0.25) is 19.2 Å². The van der Waals surface area contributed by atoms with Crippen LogP contribution in [0.25, 0.3) is 0 Å². The van der Waals surface area contributed by atoms with Crippen molar-refractivity contribution in [2.75, 3.05) is 0 Å². The number of H-pyrrole nitrogens is 1. The molecule has 5 atom stereocenters. The minimum atomic E-state index is -1.35. The number of hydrogen-bond acceptors (Lipinski definition) is 8. The predicted octanol–water partition coefficient (Wildman–Crippen LogP) is -0.322. The summed E-state index contributed by atoms with van der Waals surface area (Å²) in [6, 6.07) is 1.11. The van der Waals surface area contributed by atoms with Gasteiger partial charge in [0.15, 0.2) is 0 Å². The number of rotatable bonds is 16. The van der Waals surface area contributed by atoms with Crippen molar-refractivity contribution in [1.29, 1.82) is 0 Å². The lowest BCUT2D eigenvalue weighted by molar-refractivity contribution is -0.143. The molecule has 1 aromatic heterocycles. The van der Waals surface area contributed by atoms with E-state index >= 15 is 0 Å². The first kappa shape index (κ1) is 31.8. The van der Waals surface area contributed by atoms with Crippen molar-refractivity contribution in [2.24, 2.45) is 11.7 Å². The Morgan fingerprint density at radius 3 is 2.12 bits per heavy atom. The summed E-state index contributed by atoms with van der Waals surface area (Å²) in [5.41, 5.74) is 7.12. The van der Waals surface area contributed by atoms with Crippen molar-refractivity contribution in [2.45, 2.75) is 70.1 Å². The van der Waals surface area contributed by atoms with Crippen LogP contribution >= 0.6 is 0 Å². The molecular weight excluding hydrogens is 524 g/mol. The maximum absolute atomic E-state index is 13.3. The SMILES string of the molecule is CCC(C)C(NC(=O)C(Cc1cnc[nH]1)NC(=O)C(CCC(=O)O)NC(=O)C(N)Cc1ccc(O)cc1)C(=O)O. The number of hydrogen-bond donors (Lipinski definition) is 8. The number of carboxylic acid groups (broad SMARTS) is 2. The highest BCUT2D eigenvalue weighted by molar-refractivity contribution is 5.94. The molecule has 5 unspecified atom stereocenters. The molecule has 0 spiro atoms. The van der Waals surface area contributed by atoms with E-state index in [1.54, 1.807) is 26.0 Å². The molecule has 0 fully saturated rings. The van der Waals surface area contributed by atoms with E-state index in [1.807, 2.05) is 0 Å². The molecule has 218 valence electrons. The normalized spacial score (nSPS) is 14.7. The molecule has 0 saturated heterocycles. The fourth-order valence-electron chi connectivity index (χ4n) is 3.83. The van der Waals surface area contributed by atoms with Crippen molar-refractivity contribution >= 4 is 29.7 Å². The predicted molar refractivity (Wildman–Crippen MR) is 142 cm³/mol. The number of phenols is 1. The quantitative estimate of drug-likeness (QED) is 0.133.